The van der Waals surface area contributed by atoms with Crippen molar-refractivity contribution in [2.75, 3.05) is 5.33 Å². The van der Waals surface area contributed by atoms with Crippen molar-refractivity contribution in [1.29, 1.82) is 0 Å². The van der Waals surface area contributed by atoms with Gasteiger partial charge in [0, 0.05) is 23.0 Å². The molecule has 94 valence electrons. The van der Waals surface area contributed by atoms with Gasteiger partial charge in [-0.2, -0.15) is 0 Å². The summed E-state index contributed by atoms with van der Waals surface area (Å²) in [6.07, 6.45) is 5.53. The monoisotopic (exact) mass is 299 g/mol. The number of halogens is 1. The normalized spacial score (nSPS) is 25.5. The van der Waals surface area contributed by atoms with Crippen LogP contribution < -0.4 is 0 Å². The zero-order valence-electron chi connectivity index (χ0n) is 9.82. The average Bonchev–Trinajstić information content (AvgIpc) is 2.97. The molecule has 2 unspecified atom stereocenters. The molecule has 3 rings (SSSR count). The van der Waals surface area contributed by atoms with E-state index >= 15 is 0 Å². The number of hydrogen-bond donors (Lipinski definition) is 2. The van der Waals surface area contributed by atoms with Crippen molar-refractivity contribution in [2.45, 2.75) is 50.5 Å². The van der Waals surface area contributed by atoms with E-state index in [2.05, 4.69) is 15.9 Å². The summed E-state index contributed by atoms with van der Waals surface area (Å²) in [4.78, 5) is 0. The van der Waals surface area contributed by atoms with Crippen LogP contribution in [0.3, 0.4) is 0 Å². The van der Waals surface area contributed by atoms with Crippen LogP contribution in [0.5, 0.6) is 11.8 Å². The first-order chi connectivity index (χ1) is 8.24. The first-order valence-electron chi connectivity index (χ1n) is 6.44. The van der Waals surface area contributed by atoms with Crippen molar-refractivity contribution in [1.82, 2.24) is 4.57 Å². The smallest absolute Gasteiger partial charge is 0.197 e. The predicted molar refractivity (Wildman–Crippen MR) is 70.1 cm³/mol. The Morgan fingerprint density at radius 2 is 1.65 bits per heavy atom. The SMILES string of the molecule is Oc1c2c(c(O)n1CCCCBr)C1CCC2C1. The van der Waals surface area contributed by atoms with Crippen LogP contribution in [0.15, 0.2) is 0 Å². The number of rotatable bonds is 4. The molecule has 0 aromatic carbocycles. The van der Waals surface area contributed by atoms with Gasteiger partial charge < -0.3 is 10.2 Å². The first-order valence-corrected chi connectivity index (χ1v) is 7.56. The fourth-order valence-electron chi connectivity index (χ4n) is 3.52. The molecule has 1 aromatic heterocycles. The molecule has 2 N–H and O–H groups in total. The average molecular weight is 300 g/mol. The number of nitrogens with zero attached hydrogens (tertiary/aromatic N) is 1. The Balaban J connectivity index is 1.91. The topological polar surface area (TPSA) is 45.4 Å². The summed E-state index contributed by atoms with van der Waals surface area (Å²) in [6.45, 7) is 0.718. The Hall–Kier alpha value is -0.640. The van der Waals surface area contributed by atoms with Crippen molar-refractivity contribution in [3.8, 4) is 11.8 Å². The van der Waals surface area contributed by atoms with Crippen LogP contribution in [0.2, 0.25) is 0 Å². The van der Waals surface area contributed by atoms with Crippen LogP contribution in [-0.2, 0) is 6.54 Å². The van der Waals surface area contributed by atoms with Gasteiger partial charge in [0.2, 0.25) is 0 Å². The van der Waals surface area contributed by atoms with Gasteiger partial charge in [-0.15, -0.1) is 0 Å². The number of aromatic hydroxyl groups is 2. The second kappa shape index (κ2) is 4.23. The van der Waals surface area contributed by atoms with Gasteiger partial charge in [0.15, 0.2) is 11.8 Å². The van der Waals surface area contributed by atoms with E-state index in [-0.39, 0.29) is 0 Å². The minimum atomic E-state index is 0.333. The van der Waals surface area contributed by atoms with Crippen LogP contribution in [0.4, 0.5) is 0 Å². The lowest BCUT2D eigenvalue weighted by atomic mass is 9.95. The minimum absolute atomic E-state index is 0.333. The first kappa shape index (κ1) is 11.5. The highest BCUT2D eigenvalue weighted by atomic mass is 79.9. The fourth-order valence-corrected chi connectivity index (χ4v) is 3.92. The molecule has 2 atom stereocenters. The van der Waals surface area contributed by atoms with E-state index in [4.69, 9.17) is 0 Å². The maximum Gasteiger partial charge on any atom is 0.197 e. The van der Waals surface area contributed by atoms with Gasteiger partial charge in [-0.1, -0.05) is 15.9 Å². The number of aromatic nitrogens is 1. The lowest BCUT2D eigenvalue weighted by Crippen LogP contribution is -1.99. The van der Waals surface area contributed by atoms with E-state index in [9.17, 15) is 10.2 Å². The van der Waals surface area contributed by atoms with Gasteiger partial charge in [-0.25, -0.2) is 0 Å². The zero-order chi connectivity index (χ0) is 12.0. The number of alkyl halides is 1. The predicted octanol–water partition coefficient (Wildman–Crippen LogP) is 3.44. The van der Waals surface area contributed by atoms with Crippen molar-refractivity contribution < 1.29 is 10.2 Å². The molecule has 0 amide bonds. The van der Waals surface area contributed by atoms with Crippen molar-refractivity contribution in [2.24, 2.45) is 0 Å². The largest absolute Gasteiger partial charge is 0.494 e. The molecule has 1 aromatic rings. The van der Waals surface area contributed by atoms with Crippen molar-refractivity contribution in [3.05, 3.63) is 11.1 Å². The standard InChI is InChI=1S/C13H18BrNO2/c14-5-1-2-6-15-12(16)10-8-3-4-9(7-8)11(10)13(15)17/h8-9,16-17H,1-7H2. The summed E-state index contributed by atoms with van der Waals surface area (Å²) in [7, 11) is 0. The lowest BCUT2D eigenvalue weighted by molar-refractivity contribution is 0.357. The Bertz CT molecular complexity index is 408. The van der Waals surface area contributed by atoms with Gasteiger partial charge >= 0.3 is 0 Å². The van der Waals surface area contributed by atoms with Crippen LogP contribution in [0.25, 0.3) is 0 Å². The highest BCUT2D eigenvalue weighted by Gasteiger charge is 2.43. The Labute approximate surface area is 110 Å². The van der Waals surface area contributed by atoms with Gasteiger partial charge in [0.25, 0.3) is 0 Å². The molecular formula is C13H18BrNO2. The summed E-state index contributed by atoms with van der Waals surface area (Å²) >= 11 is 3.40. The number of fused-ring (bicyclic) bond motifs is 5. The number of hydrogen-bond acceptors (Lipinski definition) is 2. The Morgan fingerprint density at radius 1 is 1.06 bits per heavy atom. The molecule has 1 heterocycles. The van der Waals surface area contributed by atoms with Gasteiger partial charge in [0.05, 0.1) is 0 Å². The molecule has 2 aliphatic carbocycles. The highest BCUT2D eigenvalue weighted by molar-refractivity contribution is 9.09. The molecule has 2 bridgehead atoms. The van der Waals surface area contributed by atoms with Crippen molar-refractivity contribution in [3.63, 3.8) is 0 Å². The summed E-state index contributed by atoms with van der Waals surface area (Å²) in [5, 5.41) is 21.5. The third kappa shape index (κ3) is 1.60. The molecule has 1 fully saturated rings. The summed E-state index contributed by atoms with van der Waals surface area (Å²) in [5.74, 6) is 1.66. The molecule has 0 saturated heterocycles. The van der Waals surface area contributed by atoms with Gasteiger partial charge in [-0.3, -0.25) is 4.57 Å². The van der Waals surface area contributed by atoms with Crippen LogP contribution >= 0.6 is 15.9 Å². The third-order valence-electron chi connectivity index (χ3n) is 4.30. The molecule has 0 aliphatic heterocycles. The summed E-state index contributed by atoms with van der Waals surface area (Å²) < 4.78 is 1.71. The maximum atomic E-state index is 10.2. The molecule has 3 nitrogen and oxygen atoms in total. The fraction of sp³-hybridized carbons (Fsp3) is 0.692. The third-order valence-corrected chi connectivity index (χ3v) is 4.86. The molecule has 17 heavy (non-hydrogen) atoms. The maximum absolute atomic E-state index is 10.2. The molecule has 0 spiro atoms. The second-order valence-electron chi connectivity index (χ2n) is 5.23. The quantitative estimate of drug-likeness (QED) is 0.661. The van der Waals surface area contributed by atoms with Gasteiger partial charge in [0.1, 0.15) is 0 Å². The molecule has 0 radical (unpaired) electrons. The summed E-state index contributed by atoms with van der Waals surface area (Å²) in [6, 6.07) is 0. The highest BCUT2D eigenvalue weighted by Crippen LogP contribution is 2.59. The Morgan fingerprint density at radius 3 is 2.18 bits per heavy atom. The zero-order valence-corrected chi connectivity index (χ0v) is 11.4. The summed E-state index contributed by atoms with van der Waals surface area (Å²) in [5.41, 5.74) is 2.11. The number of unbranched alkanes of at least 4 members (excludes halogenated alkanes) is 1. The van der Waals surface area contributed by atoms with Crippen LogP contribution in [0.1, 0.15) is 55.1 Å². The van der Waals surface area contributed by atoms with E-state index in [1.807, 2.05) is 0 Å². The lowest BCUT2D eigenvalue weighted by Gasteiger charge is -2.09. The van der Waals surface area contributed by atoms with Crippen LogP contribution in [0, 0.1) is 0 Å². The van der Waals surface area contributed by atoms with Gasteiger partial charge in [-0.05, 0) is 43.9 Å². The molecule has 4 heteroatoms. The second-order valence-corrected chi connectivity index (χ2v) is 6.02. The van der Waals surface area contributed by atoms with E-state index in [1.165, 1.54) is 12.8 Å². The van der Waals surface area contributed by atoms with Crippen LogP contribution in [-0.4, -0.2) is 20.1 Å². The minimum Gasteiger partial charge on any atom is -0.494 e. The van der Waals surface area contributed by atoms with E-state index in [0.717, 1.165) is 42.3 Å². The molecule has 2 aliphatic rings. The molecular weight excluding hydrogens is 282 g/mol. The molecule has 1 saturated carbocycles. The Kier molecular flexibility index (Phi) is 2.85. The van der Waals surface area contributed by atoms with E-state index in [1.54, 1.807) is 4.57 Å². The van der Waals surface area contributed by atoms with E-state index < -0.39 is 0 Å². The van der Waals surface area contributed by atoms with Crippen molar-refractivity contribution >= 4 is 15.9 Å². The van der Waals surface area contributed by atoms with E-state index in [0.29, 0.717) is 23.6 Å².